The molecular formula is C32H34ClN3O3. The first-order chi connectivity index (χ1) is 19.0. The minimum absolute atomic E-state index is 0.118. The second-order valence-electron chi connectivity index (χ2n) is 10.2. The highest BCUT2D eigenvalue weighted by Gasteiger charge is 2.33. The average molecular weight is 544 g/mol. The molecule has 1 unspecified atom stereocenters. The molecule has 0 bridgehead atoms. The zero-order chi connectivity index (χ0) is 27.2. The number of hydrogen-bond acceptors (Lipinski definition) is 3. The van der Waals surface area contributed by atoms with E-state index in [2.05, 4.69) is 10.3 Å². The Morgan fingerprint density at radius 1 is 1.00 bits per heavy atom. The third-order valence-electron chi connectivity index (χ3n) is 7.55. The lowest BCUT2D eigenvalue weighted by Crippen LogP contribution is -2.47. The topological polar surface area (TPSA) is 74.4 Å². The Kier molecular flexibility index (Phi) is 8.52. The maximum Gasteiger partial charge on any atom is 0.247 e. The maximum absolute atomic E-state index is 14.1. The number of carbonyl (C=O) groups excluding carboxylic acids is 2. The summed E-state index contributed by atoms with van der Waals surface area (Å²) in [5.74, 6) is 0.444. The molecule has 3 aromatic carbocycles. The van der Waals surface area contributed by atoms with Crippen molar-refractivity contribution in [2.24, 2.45) is 0 Å². The molecule has 39 heavy (non-hydrogen) atoms. The summed E-state index contributed by atoms with van der Waals surface area (Å²) >= 11 is 6.21. The first kappa shape index (κ1) is 26.8. The number of amides is 2. The minimum Gasteiger partial charge on any atom is -0.497 e. The van der Waals surface area contributed by atoms with Gasteiger partial charge in [-0.2, -0.15) is 0 Å². The number of carbonyl (C=O) groups is 2. The largest absolute Gasteiger partial charge is 0.497 e. The highest BCUT2D eigenvalue weighted by molar-refractivity contribution is 6.30. The fraction of sp³-hybridized carbons (Fsp3) is 0.312. The molecule has 0 saturated heterocycles. The first-order valence-corrected chi connectivity index (χ1v) is 13.9. The molecule has 1 aromatic heterocycles. The van der Waals surface area contributed by atoms with Gasteiger partial charge in [0.2, 0.25) is 11.8 Å². The van der Waals surface area contributed by atoms with Gasteiger partial charge in [-0.15, -0.1) is 0 Å². The van der Waals surface area contributed by atoms with E-state index >= 15 is 0 Å². The quantitative estimate of drug-likeness (QED) is 0.250. The number of aromatic amines is 1. The van der Waals surface area contributed by atoms with Crippen molar-refractivity contribution < 1.29 is 14.3 Å². The van der Waals surface area contributed by atoms with Crippen molar-refractivity contribution in [2.75, 3.05) is 7.11 Å². The molecule has 7 heteroatoms. The van der Waals surface area contributed by atoms with Gasteiger partial charge in [-0.25, -0.2) is 0 Å². The van der Waals surface area contributed by atoms with E-state index in [-0.39, 0.29) is 30.8 Å². The minimum atomic E-state index is -0.802. The Hall–Kier alpha value is -3.77. The van der Waals surface area contributed by atoms with Gasteiger partial charge in [0.25, 0.3) is 0 Å². The van der Waals surface area contributed by atoms with Gasteiger partial charge in [-0.05, 0) is 59.9 Å². The number of para-hydroxylation sites is 1. The van der Waals surface area contributed by atoms with E-state index in [1.807, 2.05) is 66.9 Å². The average Bonchev–Trinajstić information content (AvgIpc) is 3.37. The standard InChI is InChI=1S/C32H34ClN3O3/c1-39-27-17-11-22(12-18-27)21-36(30(37)19-24-20-34-29-10-6-5-9-28(24)29)31(23-13-15-25(33)16-14-23)32(38)35-26-7-3-2-4-8-26/h5-6,9-18,20,26,31,34H,2-4,7-8,19,21H2,1H3,(H,35,38). The fourth-order valence-electron chi connectivity index (χ4n) is 5.44. The number of methoxy groups -OCH3 is 1. The van der Waals surface area contributed by atoms with Gasteiger partial charge in [0.05, 0.1) is 13.5 Å². The molecular weight excluding hydrogens is 510 g/mol. The van der Waals surface area contributed by atoms with Crippen LogP contribution >= 0.6 is 11.6 Å². The highest BCUT2D eigenvalue weighted by atomic mass is 35.5. The molecule has 202 valence electrons. The maximum atomic E-state index is 14.1. The molecule has 0 spiro atoms. The van der Waals surface area contributed by atoms with Crippen molar-refractivity contribution in [3.63, 3.8) is 0 Å². The Bertz CT molecular complexity index is 1410. The molecule has 0 aliphatic heterocycles. The van der Waals surface area contributed by atoms with Gasteiger partial charge < -0.3 is 19.9 Å². The first-order valence-electron chi connectivity index (χ1n) is 13.5. The number of rotatable bonds is 9. The van der Waals surface area contributed by atoms with Gasteiger partial charge >= 0.3 is 0 Å². The third kappa shape index (κ3) is 6.45. The lowest BCUT2D eigenvalue weighted by atomic mass is 9.94. The predicted octanol–water partition coefficient (Wildman–Crippen LogP) is 6.59. The van der Waals surface area contributed by atoms with Crippen molar-refractivity contribution in [2.45, 2.75) is 57.2 Å². The Morgan fingerprint density at radius 2 is 1.72 bits per heavy atom. The smallest absolute Gasteiger partial charge is 0.247 e. The van der Waals surface area contributed by atoms with Crippen LogP contribution in [0.15, 0.2) is 79.0 Å². The van der Waals surface area contributed by atoms with E-state index in [0.717, 1.165) is 59.0 Å². The molecule has 4 aromatic rings. The van der Waals surface area contributed by atoms with Crippen molar-refractivity contribution in [1.82, 2.24) is 15.2 Å². The summed E-state index contributed by atoms with van der Waals surface area (Å²) in [6, 6.07) is 22.1. The number of benzene rings is 3. The summed E-state index contributed by atoms with van der Waals surface area (Å²) in [5, 5.41) is 4.85. The van der Waals surface area contributed by atoms with E-state index < -0.39 is 6.04 Å². The monoisotopic (exact) mass is 543 g/mol. The summed E-state index contributed by atoms with van der Waals surface area (Å²) in [6.45, 7) is 0.274. The molecule has 2 N–H and O–H groups in total. The van der Waals surface area contributed by atoms with Gasteiger partial charge in [0.1, 0.15) is 11.8 Å². The molecule has 1 fully saturated rings. The Morgan fingerprint density at radius 3 is 2.44 bits per heavy atom. The Balaban J connectivity index is 1.51. The van der Waals surface area contributed by atoms with Crippen molar-refractivity contribution >= 4 is 34.3 Å². The zero-order valence-corrected chi connectivity index (χ0v) is 22.9. The number of ether oxygens (including phenoxy) is 1. The number of nitrogens with one attached hydrogen (secondary N) is 2. The fourth-order valence-corrected chi connectivity index (χ4v) is 5.56. The zero-order valence-electron chi connectivity index (χ0n) is 22.2. The van der Waals surface area contributed by atoms with Crippen LogP contribution in [0.1, 0.15) is 54.8 Å². The number of nitrogens with zero attached hydrogens (tertiary/aromatic N) is 1. The molecule has 2 amide bonds. The Labute approximate surface area is 234 Å². The van der Waals surface area contributed by atoms with Crippen LogP contribution in [0.4, 0.5) is 0 Å². The van der Waals surface area contributed by atoms with Crippen molar-refractivity contribution in [3.05, 3.63) is 101 Å². The molecule has 1 aliphatic rings. The van der Waals surface area contributed by atoms with E-state index in [0.29, 0.717) is 5.02 Å². The van der Waals surface area contributed by atoms with Crippen LogP contribution in [-0.4, -0.2) is 34.8 Å². The summed E-state index contributed by atoms with van der Waals surface area (Å²) in [6.07, 6.45) is 7.37. The number of aromatic nitrogens is 1. The van der Waals surface area contributed by atoms with Gasteiger partial charge in [-0.3, -0.25) is 9.59 Å². The van der Waals surface area contributed by atoms with Gasteiger partial charge in [0, 0.05) is 34.7 Å². The van der Waals surface area contributed by atoms with Crippen molar-refractivity contribution in [1.29, 1.82) is 0 Å². The van der Waals surface area contributed by atoms with Crippen LogP contribution in [0.2, 0.25) is 5.02 Å². The van der Waals surface area contributed by atoms with E-state index in [1.54, 1.807) is 24.1 Å². The number of halogens is 1. The van der Waals surface area contributed by atoms with Crippen LogP contribution in [0.5, 0.6) is 5.75 Å². The summed E-state index contributed by atoms with van der Waals surface area (Å²) < 4.78 is 5.32. The van der Waals surface area contributed by atoms with Crippen LogP contribution < -0.4 is 10.1 Å². The SMILES string of the molecule is COc1ccc(CN(C(=O)Cc2c[nH]c3ccccc23)C(C(=O)NC2CCCCC2)c2ccc(Cl)cc2)cc1. The van der Waals surface area contributed by atoms with Crippen molar-refractivity contribution in [3.8, 4) is 5.75 Å². The summed E-state index contributed by atoms with van der Waals surface area (Å²) in [5.41, 5.74) is 3.52. The molecule has 0 radical (unpaired) electrons. The normalized spacial score (nSPS) is 14.6. The van der Waals surface area contributed by atoms with E-state index in [1.165, 1.54) is 6.42 Å². The molecule has 1 saturated carbocycles. The predicted molar refractivity (Wildman–Crippen MR) is 155 cm³/mol. The lowest BCUT2D eigenvalue weighted by Gasteiger charge is -2.33. The van der Waals surface area contributed by atoms with E-state index in [9.17, 15) is 9.59 Å². The summed E-state index contributed by atoms with van der Waals surface area (Å²) in [7, 11) is 1.62. The highest BCUT2D eigenvalue weighted by Crippen LogP contribution is 2.29. The summed E-state index contributed by atoms with van der Waals surface area (Å²) in [4.78, 5) is 33.1. The number of fused-ring (bicyclic) bond motifs is 1. The number of hydrogen-bond donors (Lipinski definition) is 2. The molecule has 1 heterocycles. The second-order valence-corrected chi connectivity index (χ2v) is 10.6. The van der Waals surface area contributed by atoms with E-state index in [4.69, 9.17) is 16.3 Å². The van der Waals surface area contributed by atoms with Crippen LogP contribution in [0.3, 0.4) is 0 Å². The second kappa shape index (κ2) is 12.4. The van der Waals surface area contributed by atoms with Crippen LogP contribution in [-0.2, 0) is 22.6 Å². The molecule has 6 nitrogen and oxygen atoms in total. The van der Waals surface area contributed by atoms with Gasteiger partial charge in [0.15, 0.2) is 0 Å². The third-order valence-corrected chi connectivity index (χ3v) is 7.80. The van der Waals surface area contributed by atoms with Crippen LogP contribution in [0, 0.1) is 0 Å². The molecule has 1 aliphatic carbocycles. The van der Waals surface area contributed by atoms with Gasteiger partial charge in [-0.1, -0.05) is 73.3 Å². The lowest BCUT2D eigenvalue weighted by molar-refractivity contribution is -0.141. The molecule has 5 rings (SSSR count). The molecule has 1 atom stereocenters. The van der Waals surface area contributed by atoms with Crippen LogP contribution in [0.25, 0.3) is 10.9 Å². The number of H-pyrrole nitrogens is 1.